The van der Waals surface area contributed by atoms with Gasteiger partial charge in [-0.1, -0.05) is 31.0 Å². The summed E-state index contributed by atoms with van der Waals surface area (Å²) in [5, 5.41) is 0. The van der Waals surface area contributed by atoms with Crippen molar-refractivity contribution in [3.63, 3.8) is 0 Å². The van der Waals surface area contributed by atoms with Gasteiger partial charge in [-0.3, -0.25) is 9.36 Å². The van der Waals surface area contributed by atoms with Crippen molar-refractivity contribution in [1.82, 2.24) is 0 Å². The fraction of sp³-hybridized carbons (Fsp3) is 0.500. The summed E-state index contributed by atoms with van der Waals surface area (Å²) in [6, 6.07) is 3.86. The van der Waals surface area contributed by atoms with Gasteiger partial charge in [0.15, 0.2) is 0 Å². The monoisotopic (exact) mass is 268 g/mol. The van der Waals surface area contributed by atoms with E-state index in [9.17, 15) is 9.36 Å². The molecular formula is C14H21O3P. The first-order valence-corrected chi connectivity index (χ1v) is 7.58. The highest BCUT2D eigenvalue weighted by Gasteiger charge is 2.19. The third-order valence-electron chi connectivity index (χ3n) is 2.82. The quantitative estimate of drug-likeness (QED) is 0.577. The van der Waals surface area contributed by atoms with Crippen LogP contribution >= 0.6 is 8.03 Å². The van der Waals surface area contributed by atoms with Crippen molar-refractivity contribution in [3.05, 3.63) is 34.4 Å². The largest absolute Gasteiger partial charge is 0.325 e. The van der Waals surface area contributed by atoms with Crippen LogP contribution in [0.4, 0.5) is 0 Å². The second-order valence-corrected chi connectivity index (χ2v) is 5.91. The fourth-order valence-electron chi connectivity index (χ4n) is 2.01. The van der Waals surface area contributed by atoms with Crippen LogP contribution in [0.25, 0.3) is 0 Å². The molecule has 100 valence electrons. The molecule has 1 rings (SSSR count). The summed E-state index contributed by atoms with van der Waals surface area (Å²) in [5.41, 5.74) is 3.05. The average molecular weight is 268 g/mol. The van der Waals surface area contributed by atoms with Crippen LogP contribution in [0.15, 0.2) is 12.1 Å². The minimum absolute atomic E-state index is 0.355. The lowest BCUT2D eigenvalue weighted by atomic mass is 10.0. The predicted octanol–water partition coefficient (Wildman–Crippen LogP) is 4.04. The molecule has 0 aliphatic carbocycles. The van der Waals surface area contributed by atoms with Gasteiger partial charge in [0.1, 0.15) is 0 Å². The van der Waals surface area contributed by atoms with Gasteiger partial charge >= 0.3 is 0 Å². The van der Waals surface area contributed by atoms with Crippen molar-refractivity contribution in [3.8, 4) is 0 Å². The van der Waals surface area contributed by atoms with Crippen LogP contribution in [-0.2, 0) is 9.09 Å². The Morgan fingerprint density at radius 2 is 1.78 bits per heavy atom. The van der Waals surface area contributed by atoms with E-state index in [-0.39, 0.29) is 5.52 Å². The van der Waals surface area contributed by atoms with Gasteiger partial charge in [0.2, 0.25) is 5.52 Å². The molecule has 1 unspecified atom stereocenters. The lowest BCUT2D eigenvalue weighted by molar-refractivity contribution is 0.105. The molecule has 0 heterocycles. The van der Waals surface area contributed by atoms with E-state index in [2.05, 4.69) is 0 Å². The maximum atomic E-state index is 12.1. The van der Waals surface area contributed by atoms with Crippen molar-refractivity contribution < 1.29 is 13.9 Å². The molecule has 0 fully saturated rings. The van der Waals surface area contributed by atoms with Crippen molar-refractivity contribution >= 4 is 13.6 Å². The molecular weight excluding hydrogens is 247 g/mol. The Morgan fingerprint density at radius 3 is 2.28 bits per heavy atom. The van der Waals surface area contributed by atoms with Gasteiger partial charge in [-0.15, -0.1) is 0 Å². The zero-order chi connectivity index (χ0) is 13.7. The summed E-state index contributed by atoms with van der Waals surface area (Å²) < 4.78 is 17.0. The summed E-state index contributed by atoms with van der Waals surface area (Å²) in [6.07, 6.45) is 1.79. The molecule has 0 amide bonds. The summed E-state index contributed by atoms with van der Waals surface area (Å²) in [4.78, 5) is 12.1. The zero-order valence-corrected chi connectivity index (χ0v) is 12.5. The zero-order valence-electron chi connectivity index (χ0n) is 11.5. The molecule has 0 saturated carbocycles. The molecule has 0 saturated heterocycles. The Kier molecular flexibility index (Phi) is 5.77. The Bertz CT molecular complexity index is 443. The highest BCUT2D eigenvalue weighted by atomic mass is 31.1. The molecule has 4 heteroatoms. The van der Waals surface area contributed by atoms with Crippen LogP contribution in [0.5, 0.6) is 0 Å². The molecule has 0 radical (unpaired) electrons. The van der Waals surface area contributed by atoms with Crippen LogP contribution in [0.1, 0.15) is 46.8 Å². The lowest BCUT2D eigenvalue weighted by Crippen LogP contribution is -2.03. The van der Waals surface area contributed by atoms with Gasteiger partial charge < -0.3 is 4.52 Å². The first-order valence-electron chi connectivity index (χ1n) is 6.26. The molecule has 0 aliphatic heterocycles. The van der Waals surface area contributed by atoms with Crippen molar-refractivity contribution in [2.75, 3.05) is 6.61 Å². The van der Waals surface area contributed by atoms with E-state index in [0.29, 0.717) is 12.2 Å². The fourth-order valence-corrected chi connectivity index (χ4v) is 3.07. The number of benzene rings is 1. The van der Waals surface area contributed by atoms with E-state index >= 15 is 0 Å². The van der Waals surface area contributed by atoms with Gasteiger partial charge in [-0.25, -0.2) is 0 Å². The first-order chi connectivity index (χ1) is 8.47. The maximum absolute atomic E-state index is 12.1. The summed E-state index contributed by atoms with van der Waals surface area (Å²) in [6.45, 7) is 8.14. The predicted molar refractivity (Wildman–Crippen MR) is 74.8 cm³/mol. The summed E-state index contributed by atoms with van der Waals surface area (Å²) in [7, 11) is -2.64. The highest BCUT2D eigenvalue weighted by Crippen LogP contribution is 2.31. The number of carbonyl (C=O) groups excluding carboxylic acids is 1. The van der Waals surface area contributed by atoms with Crippen molar-refractivity contribution in [2.45, 2.75) is 40.5 Å². The SMILES string of the molecule is CCCCO[PH](=O)C(=O)c1c(C)cc(C)cc1C. The van der Waals surface area contributed by atoms with Crippen molar-refractivity contribution in [2.24, 2.45) is 0 Å². The maximum Gasteiger partial charge on any atom is 0.260 e. The van der Waals surface area contributed by atoms with Gasteiger partial charge in [0.05, 0.1) is 6.61 Å². The molecule has 0 aromatic heterocycles. The Morgan fingerprint density at radius 1 is 1.22 bits per heavy atom. The number of aryl methyl sites for hydroxylation is 3. The minimum Gasteiger partial charge on any atom is -0.325 e. The van der Waals surface area contributed by atoms with Gasteiger partial charge in [0.25, 0.3) is 8.03 Å². The Hall–Kier alpha value is -0.920. The second kappa shape index (κ2) is 6.86. The van der Waals surface area contributed by atoms with E-state index in [1.165, 1.54) is 0 Å². The number of hydrogen-bond acceptors (Lipinski definition) is 3. The van der Waals surface area contributed by atoms with Crippen LogP contribution in [0.3, 0.4) is 0 Å². The van der Waals surface area contributed by atoms with Crippen LogP contribution < -0.4 is 0 Å². The number of rotatable bonds is 6. The van der Waals surface area contributed by atoms with E-state index in [4.69, 9.17) is 4.52 Å². The Balaban J connectivity index is 2.87. The normalized spacial score (nSPS) is 12.4. The van der Waals surface area contributed by atoms with Gasteiger partial charge in [-0.05, 0) is 38.3 Å². The molecule has 0 bridgehead atoms. The van der Waals surface area contributed by atoms with E-state index in [1.54, 1.807) is 0 Å². The average Bonchev–Trinajstić information content (AvgIpc) is 2.27. The first kappa shape index (κ1) is 15.1. The smallest absolute Gasteiger partial charge is 0.260 e. The van der Waals surface area contributed by atoms with Gasteiger partial charge in [-0.2, -0.15) is 0 Å². The van der Waals surface area contributed by atoms with E-state index in [1.807, 2.05) is 39.8 Å². The van der Waals surface area contributed by atoms with Crippen molar-refractivity contribution in [1.29, 1.82) is 0 Å². The molecule has 3 nitrogen and oxygen atoms in total. The van der Waals surface area contributed by atoms with E-state index in [0.717, 1.165) is 29.5 Å². The molecule has 0 N–H and O–H groups in total. The minimum atomic E-state index is -2.64. The molecule has 18 heavy (non-hydrogen) atoms. The second-order valence-electron chi connectivity index (χ2n) is 4.59. The topological polar surface area (TPSA) is 43.4 Å². The molecule has 1 aromatic rings. The molecule has 1 atom stereocenters. The van der Waals surface area contributed by atoms with Gasteiger partial charge in [0, 0.05) is 5.56 Å². The standard InChI is InChI=1S/C14H21O3P/c1-5-6-7-17-18(16)14(15)13-11(3)8-10(2)9-12(13)4/h8-9,18H,5-7H2,1-4H3. The number of hydrogen-bond donors (Lipinski definition) is 0. The molecule has 1 aromatic carbocycles. The number of unbranched alkanes of at least 4 members (excludes halogenated alkanes) is 1. The van der Waals surface area contributed by atoms with Crippen LogP contribution in [0.2, 0.25) is 0 Å². The molecule has 0 spiro atoms. The van der Waals surface area contributed by atoms with Crippen LogP contribution in [0, 0.1) is 20.8 Å². The highest BCUT2D eigenvalue weighted by molar-refractivity contribution is 7.60. The summed E-state index contributed by atoms with van der Waals surface area (Å²) in [5.74, 6) is 0. The third kappa shape index (κ3) is 3.79. The lowest BCUT2D eigenvalue weighted by Gasteiger charge is -2.10. The number of carbonyl (C=O) groups is 1. The molecule has 0 aliphatic rings. The summed E-state index contributed by atoms with van der Waals surface area (Å²) >= 11 is 0. The third-order valence-corrected chi connectivity index (χ3v) is 3.91. The van der Waals surface area contributed by atoms with E-state index < -0.39 is 8.03 Å². The van der Waals surface area contributed by atoms with Crippen LogP contribution in [-0.4, -0.2) is 12.1 Å². The Labute approximate surface area is 109 Å².